The van der Waals surface area contributed by atoms with Crippen LogP contribution in [0.4, 0.5) is 4.79 Å². The summed E-state index contributed by atoms with van der Waals surface area (Å²) in [6, 6.07) is 0. The van der Waals surface area contributed by atoms with E-state index in [0.29, 0.717) is 50.8 Å². The summed E-state index contributed by atoms with van der Waals surface area (Å²) in [5.74, 6) is 0.612. The zero-order chi connectivity index (χ0) is 17.3. The highest BCUT2D eigenvalue weighted by Gasteiger charge is 2.23. The van der Waals surface area contributed by atoms with Gasteiger partial charge in [0.1, 0.15) is 11.3 Å². The minimum absolute atomic E-state index is 0.289. The van der Waals surface area contributed by atoms with E-state index in [9.17, 15) is 14.4 Å². The number of imidazole rings is 1. The quantitative estimate of drug-likeness (QED) is 0.760. The molecule has 0 aromatic carbocycles. The summed E-state index contributed by atoms with van der Waals surface area (Å²) < 4.78 is 6.29. The molecule has 1 aliphatic rings. The van der Waals surface area contributed by atoms with E-state index in [1.807, 2.05) is 0 Å². The van der Waals surface area contributed by atoms with E-state index in [-0.39, 0.29) is 11.6 Å². The average Bonchev–Trinajstić information content (AvgIpc) is 2.98. The van der Waals surface area contributed by atoms with E-state index >= 15 is 0 Å². The molecule has 0 bridgehead atoms. The molecule has 1 saturated heterocycles. The first kappa shape index (κ1) is 16.2. The molecule has 1 amide bonds. The van der Waals surface area contributed by atoms with Crippen molar-refractivity contribution in [1.82, 2.24) is 29.3 Å². The highest BCUT2D eigenvalue weighted by molar-refractivity contribution is 5.69. The first-order valence-corrected chi connectivity index (χ1v) is 7.81. The number of aryl methyl sites for hydroxylation is 1. The fourth-order valence-corrected chi connectivity index (χ4v) is 2.74. The van der Waals surface area contributed by atoms with E-state index in [2.05, 4.69) is 19.9 Å². The highest BCUT2D eigenvalue weighted by atomic mass is 16.6. The maximum atomic E-state index is 11.8. The number of aromatic amines is 2. The molecule has 2 aromatic heterocycles. The Balaban J connectivity index is 1.70. The molecule has 2 N–H and O–H groups in total. The van der Waals surface area contributed by atoms with Gasteiger partial charge in [0.15, 0.2) is 5.65 Å². The van der Waals surface area contributed by atoms with E-state index in [1.165, 1.54) is 4.57 Å². The molecule has 1 fully saturated rings. The fourth-order valence-electron chi connectivity index (χ4n) is 2.74. The number of amides is 1. The lowest BCUT2D eigenvalue weighted by Gasteiger charge is -2.33. The third kappa shape index (κ3) is 3.04. The molecule has 130 valence electrons. The molecular formula is C14H20N6O4. The smallest absolute Gasteiger partial charge is 0.409 e. The Hall–Kier alpha value is -2.62. The summed E-state index contributed by atoms with van der Waals surface area (Å²) in [5, 5.41) is 0. The number of H-pyrrole nitrogens is 2. The van der Waals surface area contributed by atoms with Crippen LogP contribution in [0.5, 0.6) is 0 Å². The molecule has 0 aliphatic carbocycles. The monoisotopic (exact) mass is 336 g/mol. The molecule has 3 heterocycles. The molecule has 10 nitrogen and oxygen atoms in total. The van der Waals surface area contributed by atoms with Crippen LogP contribution in [0, 0.1) is 0 Å². The van der Waals surface area contributed by atoms with Gasteiger partial charge >= 0.3 is 11.8 Å². The molecule has 1 aliphatic heterocycles. The normalized spacial score (nSPS) is 15.8. The van der Waals surface area contributed by atoms with Crippen molar-refractivity contribution in [2.24, 2.45) is 7.05 Å². The minimum Gasteiger partial charge on any atom is -0.450 e. The predicted octanol–water partition coefficient (Wildman–Crippen LogP) is -0.776. The average molecular weight is 336 g/mol. The first-order chi connectivity index (χ1) is 11.5. The van der Waals surface area contributed by atoms with Crippen molar-refractivity contribution >= 4 is 17.3 Å². The van der Waals surface area contributed by atoms with E-state index in [1.54, 1.807) is 18.9 Å². The second-order valence-electron chi connectivity index (χ2n) is 5.66. The molecule has 10 heteroatoms. The molecule has 0 unspecified atom stereocenters. The molecule has 0 spiro atoms. The zero-order valence-corrected chi connectivity index (χ0v) is 13.7. The Bertz CT molecular complexity index is 858. The molecule has 0 atom stereocenters. The van der Waals surface area contributed by atoms with E-state index in [0.717, 1.165) is 0 Å². The molecule has 2 aromatic rings. The van der Waals surface area contributed by atoms with Crippen molar-refractivity contribution in [2.75, 3.05) is 32.8 Å². The minimum atomic E-state index is -0.492. The van der Waals surface area contributed by atoms with Crippen molar-refractivity contribution < 1.29 is 9.53 Å². The van der Waals surface area contributed by atoms with Crippen LogP contribution in [0.2, 0.25) is 0 Å². The Morgan fingerprint density at radius 1 is 1.21 bits per heavy atom. The maximum Gasteiger partial charge on any atom is 0.409 e. The largest absolute Gasteiger partial charge is 0.450 e. The fraction of sp³-hybridized carbons (Fsp3) is 0.571. The SMILES string of the molecule is CCOC(=O)N1CCN(Cc2nc3c([nH]2)c(=O)[nH]c(=O)n3C)CC1. The molecule has 0 radical (unpaired) electrons. The number of hydrogen-bond donors (Lipinski definition) is 2. The first-order valence-electron chi connectivity index (χ1n) is 7.81. The number of piperazine rings is 1. The Morgan fingerprint density at radius 2 is 1.92 bits per heavy atom. The van der Waals surface area contributed by atoms with Crippen LogP contribution in [0.1, 0.15) is 12.7 Å². The van der Waals surface area contributed by atoms with E-state index in [4.69, 9.17) is 4.74 Å². The number of hydrogen-bond acceptors (Lipinski definition) is 6. The van der Waals surface area contributed by atoms with Crippen LogP contribution < -0.4 is 11.2 Å². The van der Waals surface area contributed by atoms with Gasteiger partial charge in [-0.3, -0.25) is 19.2 Å². The van der Waals surface area contributed by atoms with Gasteiger partial charge in [0, 0.05) is 33.2 Å². The van der Waals surface area contributed by atoms with Gasteiger partial charge in [0.05, 0.1) is 13.2 Å². The van der Waals surface area contributed by atoms with Gasteiger partial charge in [0.25, 0.3) is 5.56 Å². The molecule has 0 saturated carbocycles. The van der Waals surface area contributed by atoms with Crippen LogP contribution in [-0.2, 0) is 18.3 Å². The number of aromatic nitrogens is 4. The number of nitrogens with one attached hydrogen (secondary N) is 2. The van der Waals surface area contributed by atoms with Crippen molar-refractivity contribution in [3.8, 4) is 0 Å². The van der Waals surface area contributed by atoms with Crippen LogP contribution >= 0.6 is 0 Å². The van der Waals surface area contributed by atoms with Gasteiger partial charge in [0.2, 0.25) is 0 Å². The molecule has 3 rings (SSSR count). The molecular weight excluding hydrogens is 316 g/mol. The van der Waals surface area contributed by atoms with Crippen LogP contribution in [0.15, 0.2) is 9.59 Å². The van der Waals surface area contributed by atoms with E-state index < -0.39 is 11.2 Å². The topological polar surface area (TPSA) is 116 Å². The second kappa shape index (κ2) is 6.48. The van der Waals surface area contributed by atoms with Crippen LogP contribution in [0.3, 0.4) is 0 Å². The summed E-state index contributed by atoms with van der Waals surface area (Å²) in [7, 11) is 1.56. The van der Waals surface area contributed by atoms with Gasteiger partial charge < -0.3 is 14.6 Å². The number of rotatable bonds is 3. The lowest BCUT2D eigenvalue weighted by Crippen LogP contribution is -2.48. The number of carbonyl (C=O) groups excluding carboxylic acids is 1. The number of nitrogens with zero attached hydrogens (tertiary/aromatic N) is 4. The Kier molecular flexibility index (Phi) is 4.38. The lowest BCUT2D eigenvalue weighted by atomic mass is 10.3. The summed E-state index contributed by atoms with van der Waals surface area (Å²) in [4.78, 5) is 48.5. The lowest BCUT2D eigenvalue weighted by molar-refractivity contribution is 0.0773. The van der Waals surface area contributed by atoms with Crippen LogP contribution in [0.25, 0.3) is 11.2 Å². The summed E-state index contributed by atoms with van der Waals surface area (Å²) in [6.07, 6.45) is -0.289. The maximum absolute atomic E-state index is 11.8. The van der Waals surface area contributed by atoms with Crippen molar-refractivity contribution in [3.63, 3.8) is 0 Å². The van der Waals surface area contributed by atoms with Crippen molar-refractivity contribution in [3.05, 3.63) is 26.7 Å². The predicted molar refractivity (Wildman–Crippen MR) is 85.8 cm³/mol. The van der Waals surface area contributed by atoms with Crippen LogP contribution in [-0.4, -0.2) is 68.2 Å². The summed E-state index contributed by atoms with van der Waals surface area (Å²) >= 11 is 0. The van der Waals surface area contributed by atoms with Crippen molar-refractivity contribution in [2.45, 2.75) is 13.5 Å². The standard InChI is InChI=1S/C14H20N6O4/c1-3-24-14(23)20-6-4-19(5-7-20)8-9-15-10-11(16-9)18(2)13(22)17-12(10)21/h3-8H2,1-2H3,(H,15,16)(H,17,21,22). The van der Waals surface area contributed by atoms with Gasteiger partial charge in [-0.1, -0.05) is 0 Å². The third-order valence-corrected chi connectivity index (χ3v) is 4.08. The van der Waals surface area contributed by atoms with Gasteiger partial charge in [-0.2, -0.15) is 0 Å². The number of carbonyl (C=O) groups is 1. The highest BCUT2D eigenvalue weighted by Crippen LogP contribution is 2.10. The third-order valence-electron chi connectivity index (χ3n) is 4.08. The summed E-state index contributed by atoms with van der Waals surface area (Å²) in [6.45, 7) is 5.20. The van der Waals surface area contributed by atoms with Gasteiger partial charge in [-0.05, 0) is 6.92 Å². The molecule has 24 heavy (non-hydrogen) atoms. The van der Waals surface area contributed by atoms with Gasteiger partial charge in [-0.25, -0.2) is 14.6 Å². The van der Waals surface area contributed by atoms with Gasteiger partial charge in [-0.15, -0.1) is 0 Å². The van der Waals surface area contributed by atoms with Crippen molar-refractivity contribution in [1.29, 1.82) is 0 Å². The number of fused-ring (bicyclic) bond motifs is 1. The Labute approximate surface area is 137 Å². The number of ether oxygens (including phenoxy) is 1. The Morgan fingerprint density at radius 3 is 2.58 bits per heavy atom. The summed E-state index contributed by atoms with van der Waals surface area (Å²) in [5.41, 5.74) is -0.339. The zero-order valence-electron chi connectivity index (χ0n) is 13.7. The second-order valence-corrected chi connectivity index (χ2v) is 5.66.